The van der Waals surface area contributed by atoms with Crippen LogP contribution in [0.4, 0.5) is 0 Å². The summed E-state index contributed by atoms with van der Waals surface area (Å²) in [7, 11) is 0. The first-order valence-electron chi connectivity index (χ1n) is 5.28. The van der Waals surface area contributed by atoms with Crippen LogP contribution in [0.5, 0.6) is 5.75 Å². The highest BCUT2D eigenvalue weighted by Gasteiger charge is 1.97. The minimum atomic E-state index is 0.0942. The molecule has 1 N–H and O–H groups in total. The highest BCUT2D eigenvalue weighted by Crippen LogP contribution is 2.12. The Hall–Kier alpha value is -1.72. The van der Waals surface area contributed by atoms with Gasteiger partial charge in [-0.2, -0.15) is 0 Å². The molecule has 0 radical (unpaired) electrons. The van der Waals surface area contributed by atoms with Crippen molar-refractivity contribution in [1.82, 2.24) is 5.32 Å². The zero-order valence-corrected chi connectivity index (χ0v) is 9.57. The van der Waals surface area contributed by atoms with E-state index in [0.717, 1.165) is 12.3 Å². The Balaban J connectivity index is 2.45. The van der Waals surface area contributed by atoms with Crippen molar-refractivity contribution in [2.45, 2.75) is 19.5 Å². The van der Waals surface area contributed by atoms with E-state index in [1.165, 1.54) is 5.56 Å². The average molecular weight is 215 g/mol. The fraction of sp³-hybridized carbons (Fsp3) is 0.286. The zero-order valence-electron chi connectivity index (χ0n) is 9.57. The van der Waals surface area contributed by atoms with Crippen LogP contribution in [-0.2, 0) is 6.54 Å². The molecule has 0 fully saturated rings. The summed E-state index contributed by atoms with van der Waals surface area (Å²) in [4.78, 5) is 0. The third-order valence-electron chi connectivity index (χ3n) is 2.15. The molecule has 0 aliphatic rings. The highest BCUT2D eigenvalue weighted by molar-refractivity contribution is 5.27. The third kappa shape index (κ3) is 4.20. The van der Waals surface area contributed by atoms with E-state index in [2.05, 4.69) is 17.8 Å². The second kappa shape index (κ2) is 6.71. The van der Waals surface area contributed by atoms with Gasteiger partial charge in [0.15, 0.2) is 0 Å². The number of ether oxygens (including phenoxy) is 1. The molecular weight excluding hydrogens is 198 g/mol. The molecule has 0 heterocycles. The number of benzene rings is 1. The summed E-state index contributed by atoms with van der Waals surface area (Å²) in [6.45, 7) is 6.86. The molecule has 0 spiro atoms. The van der Waals surface area contributed by atoms with E-state index in [1.807, 2.05) is 31.2 Å². The zero-order chi connectivity index (χ0) is 11.8. The summed E-state index contributed by atoms with van der Waals surface area (Å²) in [5.74, 6) is 3.48. The van der Waals surface area contributed by atoms with E-state index in [9.17, 15) is 0 Å². The van der Waals surface area contributed by atoms with Gasteiger partial charge in [0.05, 0.1) is 6.04 Å². The van der Waals surface area contributed by atoms with Crippen LogP contribution in [-0.4, -0.2) is 12.6 Å². The first-order chi connectivity index (χ1) is 7.76. The topological polar surface area (TPSA) is 21.3 Å². The van der Waals surface area contributed by atoms with Crippen LogP contribution in [0.3, 0.4) is 0 Å². The normalized spacial score (nSPS) is 11.5. The Morgan fingerprint density at radius 1 is 1.50 bits per heavy atom. The van der Waals surface area contributed by atoms with Crippen molar-refractivity contribution in [3.8, 4) is 18.1 Å². The Bertz CT molecular complexity index is 361. The number of hydrogen-bond acceptors (Lipinski definition) is 2. The summed E-state index contributed by atoms with van der Waals surface area (Å²) in [5, 5.41) is 3.22. The summed E-state index contributed by atoms with van der Waals surface area (Å²) in [5.41, 5.74) is 1.19. The summed E-state index contributed by atoms with van der Waals surface area (Å²) >= 11 is 0. The first kappa shape index (κ1) is 12.4. The third-order valence-corrected chi connectivity index (χ3v) is 2.15. The molecule has 0 aromatic heterocycles. The van der Waals surface area contributed by atoms with Crippen LogP contribution in [0, 0.1) is 12.3 Å². The molecule has 0 saturated heterocycles. The number of rotatable bonds is 6. The van der Waals surface area contributed by atoms with E-state index in [0.29, 0.717) is 6.61 Å². The lowest BCUT2D eigenvalue weighted by Gasteiger charge is -2.08. The van der Waals surface area contributed by atoms with Crippen molar-refractivity contribution in [3.05, 3.63) is 42.5 Å². The van der Waals surface area contributed by atoms with Gasteiger partial charge in [-0.3, -0.25) is 5.32 Å². The molecule has 1 unspecified atom stereocenters. The number of hydrogen-bond donors (Lipinski definition) is 1. The lowest BCUT2D eigenvalue weighted by Crippen LogP contribution is -2.23. The Morgan fingerprint density at radius 2 is 2.19 bits per heavy atom. The van der Waals surface area contributed by atoms with Crippen molar-refractivity contribution in [2.75, 3.05) is 6.61 Å². The summed E-state index contributed by atoms with van der Waals surface area (Å²) in [6.07, 6.45) is 7.00. The van der Waals surface area contributed by atoms with Gasteiger partial charge in [0.25, 0.3) is 0 Å². The van der Waals surface area contributed by atoms with Gasteiger partial charge >= 0.3 is 0 Å². The lowest BCUT2D eigenvalue weighted by molar-refractivity contribution is 0.363. The van der Waals surface area contributed by atoms with Gasteiger partial charge < -0.3 is 4.74 Å². The molecule has 2 heteroatoms. The van der Waals surface area contributed by atoms with Crippen molar-refractivity contribution < 1.29 is 4.74 Å². The molecule has 0 aliphatic heterocycles. The standard InChI is InChI=1S/C14H17NO/c1-4-10-16-14-8-6-13(7-9-14)11-15-12(3)5-2/h2,4,6-9,12,15H,1,10-11H2,3H3. The molecular formula is C14H17NO. The predicted octanol–water partition coefficient (Wildman–Crippen LogP) is 2.36. The Kier molecular flexibility index (Phi) is 5.18. The molecule has 0 saturated carbocycles. The van der Waals surface area contributed by atoms with Crippen LogP contribution >= 0.6 is 0 Å². The van der Waals surface area contributed by atoms with Crippen LogP contribution in [0.15, 0.2) is 36.9 Å². The van der Waals surface area contributed by atoms with E-state index in [1.54, 1.807) is 6.08 Å². The molecule has 0 amide bonds. The van der Waals surface area contributed by atoms with Gasteiger partial charge in [-0.1, -0.05) is 30.7 Å². The molecule has 1 aromatic rings. The molecule has 1 aromatic carbocycles. The molecule has 0 bridgehead atoms. The van der Waals surface area contributed by atoms with Crippen molar-refractivity contribution >= 4 is 0 Å². The Labute approximate surface area is 97.3 Å². The smallest absolute Gasteiger partial charge is 0.119 e. The van der Waals surface area contributed by atoms with Gasteiger partial charge in [-0.25, -0.2) is 0 Å². The fourth-order valence-corrected chi connectivity index (χ4v) is 1.19. The van der Waals surface area contributed by atoms with Gasteiger partial charge in [0.2, 0.25) is 0 Å². The van der Waals surface area contributed by atoms with Crippen molar-refractivity contribution in [3.63, 3.8) is 0 Å². The molecule has 1 atom stereocenters. The molecule has 2 nitrogen and oxygen atoms in total. The fourth-order valence-electron chi connectivity index (χ4n) is 1.19. The maximum atomic E-state index is 5.39. The predicted molar refractivity (Wildman–Crippen MR) is 67.3 cm³/mol. The second-order valence-corrected chi connectivity index (χ2v) is 3.51. The van der Waals surface area contributed by atoms with Gasteiger partial charge in [0, 0.05) is 6.54 Å². The first-order valence-corrected chi connectivity index (χ1v) is 5.28. The second-order valence-electron chi connectivity index (χ2n) is 3.51. The number of nitrogens with one attached hydrogen (secondary N) is 1. The minimum absolute atomic E-state index is 0.0942. The van der Waals surface area contributed by atoms with Gasteiger partial charge in [-0.15, -0.1) is 6.42 Å². The van der Waals surface area contributed by atoms with E-state index in [4.69, 9.17) is 11.2 Å². The average Bonchev–Trinajstić information content (AvgIpc) is 2.34. The van der Waals surface area contributed by atoms with E-state index in [-0.39, 0.29) is 6.04 Å². The summed E-state index contributed by atoms with van der Waals surface area (Å²) in [6, 6.07) is 8.03. The van der Waals surface area contributed by atoms with Crippen molar-refractivity contribution in [1.29, 1.82) is 0 Å². The van der Waals surface area contributed by atoms with Crippen LogP contribution in [0.2, 0.25) is 0 Å². The molecule has 0 aliphatic carbocycles. The highest BCUT2D eigenvalue weighted by atomic mass is 16.5. The van der Waals surface area contributed by atoms with Gasteiger partial charge in [-0.05, 0) is 24.6 Å². The molecule has 1 rings (SSSR count). The minimum Gasteiger partial charge on any atom is -0.490 e. The molecule has 84 valence electrons. The van der Waals surface area contributed by atoms with Gasteiger partial charge in [0.1, 0.15) is 12.4 Å². The van der Waals surface area contributed by atoms with Crippen LogP contribution in [0.1, 0.15) is 12.5 Å². The van der Waals surface area contributed by atoms with Crippen LogP contribution < -0.4 is 10.1 Å². The quantitative estimate of drug-likeness (QED) is 0.581. The SMILES string of the molecule is C#CC(C)NCc1ccc(OCC=C)cc1. The lowest BCUT2D eigenvalue weighted by atomic mass is 10.2. The number of terminal acetylenes is 1. The Morgan fingerprint density at radius 3 is 2.75 bits per heavy atom. The summed E-state index contributed by atoms with van der Waals surface area (Å²) < 4.78 is 5.39. The largest absolute Gasteiger partial charge is 0.490 e. The maximum Gasteiger partial charge on any atom is 0.119 e. The van der Waals surface area contributed by atoms with Crippen molar-refractivity contribution in [2.24, 2.45) is 0 Å². The van der Waals surface area contributed by atoms with E-state index < -0.39 is 0 Å². The van der Waals surface area contributed by atoms with E-state index >= 15 is 0 Å². The van der Waals surface area contributed by atoms with Crippen LogP contribution in [0.25, 0.3) is 0 Å². The maximum absolute atomic E-state index is 5.39. The monoisotopic (exact) mass is 215 g/mol. The molecule has 16 heavy (non-hydrogen) atoms.